The normalized spacial score (nSPS) is 12.2. The molecule has 0 aliphatic carbocycles. The van der Waals surface area contributed by atoms with Gasteiger partial charge < -0.3 is 15.8 Å². The number of nitrogens with zero attached hydrogens (tertiary/aromatic N) is 4. The fourth-order valence-corrected chi connectivity index (χ4v) is 2.32. The third kappa shape index (κ3) is 3.82. The molecule has 1 aromatic rings. The maximum absolute atomic E-state index is 8.93. The highest BCUT2D eigenvalue weighted by Gasteiger charge is 2.22. The summed E-state index contributed by atoms with van der Waals surface area (Å²) in [5.74, 6) is 1.23. The van der Waals surface area contributed by atoms with Crippen LogP contribution in [0.25, 0.3) is 0 Å². The van der Waals surface area contributed by atoms with Gasteiger partial charge in [0.2, 0.25) is 0 Å². The summed E-state index contributed by atoms with van der Waals surface area (Å²) in [7, 11) is 0. The van der Waals surface area contributed by atoms with E-state index in [1.54, 1.807) is 12.3 Å². The molecule has 3 N–H and O–H groups in total. The Balaban J connectivity index is 3.26. The Bertz CT molecular complexity index is 443. The zero-order valence-electron chi connectivity index (χ0n) is 12.7. The average Bonchev–Trinajstić information content (AvgIpc) is 2.46. The SMILES string of the molecule is CCC(CC)N(CC(C)C)c1nnccc1/C(N)=N/O. The van der Waals surface area contributed by atoms with Crippen molar-refractivity contribution in [1.29, 1.82) is 0 Å². The third-order valence-corrected chi connectivity index (χ3v) is 3.30. The van der Waals surface area contributed by atoms with Crippen molar-refractivity contribution in [3.05, 3.63) is 17.8 Å². The van der Waals surface area contributed by atoms with Crippen LogP contribution in [0.1, 0.15) is 46.1 Å². The molecule has 0 aliphatic heterocycles. The lowest BCUT2D eigenvalue weighted by atomic mass is 10.1. The number of hydrogen-bond acceptors (Lipinski definition) is 5. The molecule has 1 rings (SSSR count). The largest absolute Gasteiger partial charge is 0.409 e. The van der Waals surface area contributed by atoms with E-state index in [4.69, 9.17) is 10.9 Å². The van der Waals surface area contributed by atoms with Gasteiger partial charge in [0.05, 0.1) is 11.8 Å². The van der Waals surface area contributed by atoms with E-state index in [2.05, 4.69) is 47.9 Å². The van der Waals surface area contributed by atoms with E-state index in [0.717, 1.165) is 19.4 Å². The van der Waals surface area contributed by atoms with E-state index < -0.39 is 0 Å². The fourth-order valence-electron chi connectivity index (χ4n) is 2.32. The van der Waals surface area contributed by atoms with Gasteiger partial charge in [0.1, 0.15) is 0 Å². The zero-order chi connectivity index (χ0) is 15.1. The van der Waals surface area contributed by atoms with E-state index >= 15 is 0 Å². The molecule has 6 heteroatoms. The lowest BCUT2D eigenvalue weighted by molar-refractivity contribution is 0.318. The third-order valence-electron chi connectivity index (χ3n) is 3.30. The van der Waals surface area contributed by atoms with E-state index in [-0.39, 0.29) is 5.84 Å². The standard InChI is InChI=1S/C14H25N5O/c1-5-11(6-2)19(9-10(3)4)14-12(13(15)18-20)7-8-16-17-14/h7-8,10-11,20H,5-6,9H2,1-4H3,(H2,15,18). The summed E-state index contributed by atoms with van der Waals surface area (Å²) in [4.78, 5) is 2.21. The van der Waals surface area contributed by atoms with Crippen LogP contribution in [0.5, 0.6) is 0 Å². The number of rotatable bonds is 7. The Morgan fingerprint density at radius 3 is 2.55 bits per heavy atom. The van der Waals surface area contributed by atoms with Crippen LogP contribution in [-0.2, 0) is 0 Å². The molecule has 112 valence electrons. The first kappa shape index (κ1) is 16.2. The molecule has 0 bridgehead atoms. The number of amidine groups is 1. The predicted molar refractivity (Wildman–Crippen MR) is 81.1 cm³/mol. The van der Waals surface area contributed by atoms with Crippen LogP contribution in [0.3, 0.4) is 0 Å². The summed E-state index contributed by atoms with van der Waals surface area (Å²) in [6.45, 7) is 9.49. The Morgan fingerprint density at radius 2 is 2.05 bits per heavy atom. The summed E-state index contributed by atoms with van der Waals surface area (Å²) < 4.78 is 0. The van der Waals surface area contributed by atoms with Gasteiger partial charge in [-0.2, -0.15) is 5.10 Å². The van der Waals surface area contributed by atoms with Crippen molar-refractivity contribution >= 4 is 11.7 Å². The Labute approximate surface area is 120 Å². The lowest BCUT2D eigenvalue weighted by Crippen LogP contribution is -2.39. The highest BCUT2D eigenvalue weighted by atomic mass is 16.4. The van der Waals surface area contributed by atoms with Crippen LogP contribution >= 0.6 is 0 Å². The van der Waals surface area contributed by atoms with Crippen LogP contribution in [0.15, 0.2) is 17.4 Å². The van der Waals surface area contributed by atoms with Crippen molar-refractivity contribution in [2.24, 2.45) is 16.8 Å². The van der Waals surface area contributed by atoms with Crippen LogP contribution in [0.2, 0.25) is 0 Å². The minimum absolute atomic E-state index is 0.0645. The molecule has 0 spiro atoms. The Kier molecular flexibility index (Phi) is 6.21. The summed E-state index contributed by atoms with van der Waals surface area (Å²) in [5, 5.41) is 20.2. The van der Waals surface area contributed by atoms with Crippen LogP contribution in [0, 0.1) is 5.92 Å². The van der Waals surface area contributed by atoms with E-state index in [0.29, 0.717) is 23.3 Å². The quantitative estimate of drug-likeness (QED) is 0.346. The number of oxime groups is 1. The van der Waals surface area contributed by atoms with Crippen molar-refractivity contribution in [3.8, 4) is 0 Å². The minimum Gasteiger partial charge on any atom is -0.409 e. The highest BCUT2D eigenvalue weighted by Crippen LogP contribution is 2.23. The number of anilines is 1. The first-order chi connectivity index (χ1) is 9.54. The van der Waals surface area contributed by atoms with Gasteiger partial charge in [-0.15, -0.1) is 5.10 Å². The van der Waals surface area contributed by atoms with Crippen molar-refractivity contribution in [3.63, 3.8) is 0 Å². The monoisotopic (exact) mass is 279 g/mol. The van der Waals surface area contributed by atoms with Gasteiger partial charge in [0.15, 0.2) is 11.7 Å². The second-order valence-corrected chi connectivity index (χ2v) is 5.27. The van der Waals surface area contributed by atoms with Crippen molar-refractivity contribution in [2.45, 2.75) is 46.6 Å². The van der Waals surface area contributed by atoms with Gasteiger partial charge in [-0.25, -0.2) is 0 Å². The van der Waals surface area contributed by atoms with Crippen molar-refractivity contribution < 1.29 is 5.21 Å². The topological polar surface area (TPSA) is 87.6 Å². The molecule has 0 radical (unpaired) electrons. The summed E-state index contributed by atoms with van der Waals surface area (Å²) >= 11 is 0. The number of nitrogens with two attached hydrogens (primary N) is 1. The summed E-state index contributed by atoms with van der Waals surface area (Å²) in [5.41, 5.74) is 6.37. The summed E-state index contributed by atoms with van der Waals surface area (Å²) in [6, 6.07) is 2.09. The molecular weight excluding hydrogens is 254 g/mol. The second kappa shape index (κ2) is 7.67. The van der Waals surface area contributed by atoms with Gasteiger partial charge in [-0.05, 0) is 24.8 Å². The van der Waals surface area contributed by atoms with Crippen LogP contribution < -0.4 is 10.6 Å². The van der Waals surface area contributed by atoms with Gasteiger partial charge >= 0.3 is 0 Å². The molecule has 0 fully saturated rings. The molecular formula is C14H25N5O. The van der Waals surface area contributed by atoms with E-state index in [9.17, 15) is 0 Å². The summed E-state index contributed by atoms with van der Waals surface area (Å²) in [6.07, 6.45) is 3.57. The molecule has 0 amide bonds. The average molecular weight is 279 g/mol. The Hall–Kier alpha value is -1.85. The Morgan fingerprint density at radius 1 is 1.40 bits per heavy atom. The minimum atomic E-state index is 0.0645. The first-order valence-electron chi connectivity index (χ1n) is 7.11. The van der Waals surface area contributed by atoms with E-state index in [1.807, 2.05) is 0 Å². The van der Waals surface area contributed by atoms with Crippen molar-refractivity contribution in [1.82, 2.24) is 10.2 Å². The number of hydrogen-bond donors (Lipinski definition) is 2. The fraction of sp³-hybridized carbons (Fsp3) is 0.643. The molecule has 0 aromatic carbocycles. The zero-order valence-corrected chi connectivity index (χ0v) is 12.7. The predicted octanol–water partition coefficient (Wildman–Crippen LogP) is 2.22. The van der Waals surface area contributed by atoms with Gasteiger partial charge in [0.25, 0.3) is 0 Å². The molecule has 0 saturated heterocycles. The highest BCUT2D eigenvalue weighted by molar-refractivity contribution is 6.01. The molecule has 0 aliphatic rings. The van der Waals surface area contributed by atoms with Crippen LogP contribution in [0.4, 0.5) is 5.82 Å². The van der Waals surface area contributed by atoms with Gasteiger partial charge in [0, 0.05) is 12.6 Å². The second-order valence-electron chi connectivity index (χ2n) is 5.27. The molecule has 20 heavy (non-hydrogen) atoms. The smallest absolute Gasteiger partial charge is 0.173 e. The maximum Gasteiger partial charge on any atom is 0.173 e. The van der Waals surface area contributed by atoms with E-state index in [1.165, 1.54) is 0 Å². The molecule has 0 saturated carbocycles. The maximum atomic E-state index is 8.93. The van der Waals surface area contributed by atoms with Gasteiger partial charge in [-0.3, -0.25) is 0 Å². The number of aromatic nitrogens is 2. The first-order valence-corrected chi connectivity index (χ1v) is 7.11. The van der Waals surface area contributed by atoms with Crippen LogP contribution in [-0.4, -0.2) is 33.8 Å². The molecule has 0 atom stereocenters. The molecule has 0 unspecified atom stereocenters. The molecule has 1 aromatic heterocycles. The molecule has 6 nitrogen and oxygen atoms in total. The molecule has 1 heterocycles. The lowest BCUT2D eigenvalue weighted by Gasteiger charge is -2.33. The van der Waals surface area contributed by atoms with Gasteiger partial charge in [-0.1, -0.05) is 32.9 Å². The van der Waals surface area contributed by atoms with Crippen molar-refractivity contribution in [2.75, 3.05) is 11.4 Å².